The summed E-state index contributed by atoms with van der Waals surface area (Å²) in [6.07, 6.45) is 57.2. The van der Waals surface area contributed by atoms with Crippen LogP contribution in [0.5, 0.6) is 17.2 Å². The second kappa shape index (κ2) is 67.8. The van der Waals surface area contributed by atoms with E-state index in [0.717, 1.165) is 57.8 Å². The molecule has 11 unspecified atom stereocenters. The van der Waals surface area contributed by atoms with Gasteiger partial charge in [0.1, 0.15) is 68.7 Å². The number of nitrogens with zero attached hydrogens (tertiary/aromatic N) is 8. The highest BCUT2D eigenvalue weighted by atomic mass is 32.5. The van der Waals surface area contributed by atoms with Gasteiger partial charge >= 0.3 is 36.8 Å². The number of fused-ring (bicyclic) bond motifs is 1. The summed E-state index contributed by atoms with van der Waals surface area (Å²) in [5.74, 6) is 0.122. The lowest BCUT2D eigenvalue weighted by molar-refractivity contribution is -0.156. The molecule has 0 saturated carbocycles. The van der Waals surface area contributed by atoms with Gasteiger partial charge in [-0.15, -0.1) is 0 Å². The fraction of sp³-hybridized carbons (Fsp3) is 0.777. The highest BCUT2D eigenvalue weighted by Gasteiger charge is 2.47. The Balaban J connectivity index is 0.942. The predicted octanol–water partition coefficient (Wildman–Crippen LogP) is 24.6. The number of aromatic nitrogens is 8. The fourth-order valence-electron chi connectivity index (χ4n) is 17.9. The Morgan fingerprint density at radius 3 is 1.18 bits per heavy atom. The molecule has 0 amide bonds. The van der Waals surface area contributed by atoms with Gasteiger partial charge in [0.15, 0.2) is 17.1 Å². The highest BCUT2D eigenvalue weighted by molar-refractivity contribution is 8.07. The van der Waals surface area contributed by atoms with Crippen molar-refractivity contribution in [3.8, 4) is 17.2 Å². The van der Waals surface area contributed by atoms with Crippen LogP contribution in [0, 0.1) is 33.9 Å². The number of carbonyl (C=O) groups excluding carboxylic acids is 2. The van der Waals surface area contributed by atoms with Crippen LogP contribution in [-0.4, -0.2) is 147 Å². The molecule has 30 nitrogen and oxygen atoms in total. The molecule has 0 bridgehead atoms. The van der Waals surface area contributed by atoms with E-state index in [4.69, 9.17) is 102 Å². The Morgan fingerprint density at radius 2 is 0.788 bits per heavy atom. The maximum Gasteiger partial charge on any atom is 0.330 e. The van der Waals surface area contributed by atoms with Gasteiger partial charge in [0.2, 0.25) is 18.8 Å². The minimum absolute atomic E-state index is 0.0846. The molecule has 3 aliphatic heterocycles. The van der Waals surface area contributed by atoms with Crippen LogP contribution >= 0.6 is 13.4 Å². The molecular weight excluding hydrogens is 1820 g/mol. The number of nitrogens with one attached hydrogen (secondary N) is 2. The third-order valence-corrected chi connectivity index (χ3v) is 30.8. The van der Waals surface area contributed by atoms with E-state index in [1.54, 1.807) is 10.9 Å². The van der Waals surface area contributed by atoms with Crippen molar-refractivity contribution < 1.29 is 74.6 Å². The Morgan fingerprint density at radius 1 is 0.438 bits per heavy atom. The van der Waals surface area contributed by atoms with Crippen molar-refractivity contribution in [1.82, 2.24) is 38.6 Å². The van der Waals surface area contributed by atoms with Gasteiger partial charge in [-0.05, 0) is 87.8 Å². The molecule has 0 aliphatic carbocycles. The summed E-state index contributed by atoms with van der Waals surface area (Å²) >= 11 is 12.4. The number of hydrogen-bond acceptors (Lipinski definition) is 25. The van der Waals surface area contributed by atoms with E-state index in [1.807, 2.05) is 26.0 Å². The van der Waals surface area contributed by atoms with E-state index in [-0.39, 0.29) is 69.7 Å². The smallest absolute Gasteiger partial charge is 0.330 e. The van der Waals surface area contributed by atoms with Crippen LogP contribution in [0.3, 0.4) is 0 Å². The normalized spacial score (nSPS) is 19.1. The molecule has 3 saturated heterocycles. The maximum absolute atomic E-state index is 14.3. The Kier molecular flexibility index (Phi) is 57.2. The van der Waals surface area contributed by atoms with E-state index in [0.29, 0.717) is 65.9 Å². The van der Waals surface area contributed by atoms with Crippen molar-refractivity contribution in [2.45, 2.75) is 457 Å². The second-order valence-corrected chi connectivity index (χ2v) is 43.4. The number of hydrogen-bond donors (Lipinski definition) is 2. The van der Waals surface area contributed by atoms with Crippen LogP contribution in [-0.2, 0) is 90.6 Å². The molecular formula is C103H166N10O20P2S2. The molecule has 34 heteroatoms. The van der Waals surface area contributed by atoms with Gasteiger partial charge in [0, 0.05) is 42.8 Å². The maximum atomic E-state index is 14.3. The number of esters is 2. The molecule has 3 aliphatic rings. The number of unbranched alkanes of at least 4 members (excludes halogenated alkanes) is 45. The average Bonchev–Trinajstić information content (AvgIpc) is 1.63. The van der Waals surface area contributed by atoms with Gasteiger partial charge in [-0.25, -0.2) is 37.7 Å². The lowest BCUT2D eigenvalue weighted by Crippen LogP contribution is -2.33. The van der Waals surface area contributed by atoms with Crippen LogP contribution < -0.4 is 36.7 Å². The van der Waals surface area contributed by atoms with Crippen LogP contribution in [0.4, 0.5) is 0 Å². The molecule has 11 atom stereocenters. The second-order valence-electron chi connectivity index (χ2n) is 37.5. The molecule has 7 heterocycles. The number of aryl methyl sites for hydroxylation is 3. The van der Waals surface area contributed by atoms with Gasteiger partial charge in [0.05, 0.1) is 76.2 Å². The van der Waals surface area contributed by atoms with E-state index < -0.39 is 123 Å². The Hall–Kier alpha value is -6.61. The summed E-state index contributed by atoms with van der Waals surface area (Å²) in [5, 5.41) is 0. The molecule has 8 rings (SSSR count). The first-order valence-electron chi connectivity index (χ1n) is 52.7. The van der Waals surface area contributed by atoms with Gasteiger partial charge in [-0.2, -0.15) is 0 Å². The van der Waals surface area contributed by atoms with E-state index in [1.165, 1.54) is 292 Å². The summed E-state index contributed by atoms with van der Waals surface area (Å²) in [5.41, 5.74) is 0.0403. The lowest BCUT2D eigenvalue weighted by atomic mass is 10.0. The van der Waals surface area contributed by atoms with Crippen molar-refractivity contribution in [3.05, 3.63) is 124 Å². The number of imidazole rings is 1. The number of benzene rings is 1. The zero-order valence-electron chi connectivity index (χ0n) is 83.9. The van der Waals surface area contributed by atoms with Gasteiger partial charge in [0.25, 0.3) is 11.1 Å². The number of H-pyrrole nitrogens is 2. The predicted molar refractivity (Wildman–Crippen MR) is 544 cm³/mol. The minimum atomic E-state index is -4.17. The zero-order valence-corrected chi connectivity index (χ0v) is 87.3. The third-order valence-electron chi connectivity index (χ3n) is 26.0. The van der Waals surface area contributed by atoms with Crippen molar-refractivity contribution in [3.63, 3.8) is 0 Å². The van der Waals surface area contributed by atoms with Crippen molar-refractivity contribution in [2.24, 2.45) is 0 Å². The third kappa shape index (κ3) is 43.6. The quantitative estimate of drug-likeness (QED) is 0.0158. The highest BCUT2D eigenvalue weighted by Crippen LogP contribution is 2.57. The first kappa shape index (κ1) is 116. The largest absolute Gasteiger partial charge is 0.490 e. The van der Waals surface area contributed by atoms with Crippen molar-refractivity contribution >= 4 is 60.2 Å². The Labute approximate surface area is 826 Å². The minimum Gasteiger partial charge on any atom is -0.490 e. The molecule has 3 fully saturated rings. The van der Waals surface area contributed by atoms with Crippen molar-refractivity contribution in [1.29, 1.82) is 0 Å². The first-order valence-corrected chi connectivity index (χ1v) is 57.8. The molecule has 2 N–H and O–H groups in total. The number of ether oxygens (including phenoxy) is 8. The molecule has 137 heavy (non-hydrogen) atoms. The van der Waals surface area contributed by atoms with Crippen LogP contribution in [0.15, 0.2) is 56.4 Å². The summed E-state index contributed by atoms with van der Waals surface area (Å²) in [6, 6.07) is 3.76. The molecule has 0 spiro atoms. The Bertz CT molecular complexity index is 4630. The summed E-state index contributed by atoms with van der Waals surface area (Å²) in [4.78, 5) is 106. The topological polar surface area (TPSA) is 325 Å². The SMILES string of the molecule is [C-]#[N+]CCOP(=S)(OCC1OC(n2cc(C)c(=O)[nH]c2=O)CC1OC(=O)CCC(=O)OCc1cc(OCCCCCCCCCCCCCCCCCC)c(OCCCCCCCCCCCCCCCCCC)c(OCCCCCCCCCCCCCCCCCC)c1)OC1CC(n2cc(C)c(=O)[nH]c2=O)OC1COP(=S)(OCC[N+]#[C-])OC1CC(n2cnc3c(C)ncnc32)OC1CC. The summed E-state index contributed by atoms with van der Waals surface area (Å²) in [6.45, 7) is 20.4. The standard InChI is InChI=1S/C103H166N10O20P2S2/c1-10-14-17-20-23-26-29-32-35-38-41-44-47-50-53-56-63-120-88-68-83(69-89(121-64-57-54-51-48-45-42-39-36-33-30-27-24-21-18-15-11-2)98(88)122-65-58-55-52-49-46-43-40-37-34-31-28-25-22-19-16-12-3)75-123-95(114)59-60-96(115)131-85-70-92(111-73-80(5)100(116)109-102(111)118)129-90(85)76-126-135(137,125-67-62-105-9)133-87-72-93(112-74-81(6)101(117)110-103(112)119)130-91(87)77-127-134(136,124-66-61-104-8)132-86-71-94(128-84(86)13-4)113-79-108-97-82(7)106-78-107-99(97)113/h68-69,73-74,78-79,84-87,90-94H,10-67,70-72,75-77H2,1-7H3,(H,109,116,118)(H,110,117,119). The monoisotopic (exact) mass is 1990 g/mol. The zero-order chi connectivity index (χ0) is 97.9. The number of rotatable bonds is 80. The van der Waals surface area contributed by atoms with Gasteiger partial charge in [-0.3, -0.25) is 42.8 Å². The van der Waals surface area contributed by atoms with E-state index in [2.05, 4.69) is 55.4 Å². The first-order chi connectivity index (χ1) is 66.7. The number of aromatic amines is 2. The fourth-order valence-corrected chi connectivity index (χ4v) is 22.1. The molecule has 0 radical (unpaired) electrons. The summed E-state index contributed by atoms with van der Waals surface area (Å²) < 4.78 is 95.1. The van der Waals surface area contributed by atoms with E-state index >= 15 is 0 Å². The molecule has 4 aromatic heterocycles. The van der Waals surface area contributed by atoms with Gasteiger partial charge in [-0.1, -0.05) is 317 Å². The summed E-state index contributed by atoms with van der Waals surface area (Å²) in [7, 11) is 0. The molecule has 5 aromatic rings. The lowest BCUT2D eigenvalue weighted by Gasteiger charge is -2.30. The number of carbonyl (C=O) groups is 2. The van der Waals surface area contributed by atoms with E-state index in [9.17, 15) is 28.8 Å². The van der Waals surface area contributed by atoms with Crippen molar-refractivity contribution in [2.75, 3.05) is 59.3 Å². The molecule has 770 valence electrons. The van der Waals surface area contributed by atoms with Crippen LogP contribution in [0.25, 0.3) is 20.9 Å². The van der Waals surface area contributed by atoms with Gasteiger partial charge < -0.3 is 74.7 Å². The molecule has 1 aromatic carbocycles. The van der Waals surface area contributed by atoms with Crippen LogP contribution in [0.1, 0.15) is 415 Å². The van der Waals surface area contributed by atoms with Crippen LogP contribution in [0.2, 0.25) is 0 Å². The average molecular weight is 1990 g/mol.